The van der Waals surface area contributed by atoms with Crippen molar-refractivity contribution in [3.05, 3.63) is 33.0 Å². The maximum absolute atomic E-state index is 12.9. The Hall–Kier alpha value is -1.31. The number of ether oxygens (including phenoxy) is 1. The Labute approximate surface area is 138 Å². The molecule has 7 heteroatoms. The number of aromatic nitrogens is 2. The Morgan fingerprint density at radius 2 is 2.27 bits per heavy atom. The van der Waals surface area contributed by atoms with E-state index in [0.717, 1.165) is 44.7 Å². The fourth-order valence-corrected chi connectivity index (χ4v) is 4.00. The summed E-state index contributed by atoms with van der Waals surface area (Å²) in [5.41, 5.74) is 0.725. The molecule has 0 N–H and O–H groups in total. The molecule has 0 unspecified atom stereocenters. The number of amides is 1. The molecular weight excluding hydrogens is 318 g/mol. The first-order valence-corrected chi connectivity index (χ1v) is 9.11. The molecule has 2 aromatic rings. The van der Waals surface area contributed by atoms with Crippen LogP contribution in [0.1, 0.15) is 33.1 Å². The second-order valence-corrected chi connectivity index (χ2v) is 7.15. The number of hydrogen-bond donors (Lipinski definition) is 0. The third-order valence-electron chi connectivity index (χ3n) is 3.92. The lowest BCUT2D eigenvalue weighted by Gasteiger charge is -2.34. The van der Waals surface area contributed by atoms with E-state index in [0.29, 0.717) is 4.88 Å². The monoisotopic (exact) mass is 337 g/mol. The van der Waals surface area contributed by atoms with E-state index in [4.69, 9.17) is 4.74 Å². The van der Waals surface area contributed by atoms with Gasteiger partial charge < -0.3 is 9.64 Å². The van der Waals surface area contributed by atoms with Crippen LogP contribution in [0.15, 0.2) is 17.5 Å². The average Bonchev–Trinajstić information content (AvgIpc) is 3.20. The third-order valence-corrected chi connectivity index (χ3v) is 5.67. The van der Waals surface area contributed by atoms with Gasteiger partial charge in [0, 0.05) is 30.7 Å². The molecule has 0 bridgehead atoms. The van der Waals surface area contributed by atoms with Gasteiger partial charge in [0.15, 0.2) is 0 Å². The van der Waals surface area contributed by atoms with E-state index in [1.54, 1.807) is 11.3 Å². The average molecular weight is 337 g/mol. The highest BCUT2D eigenvalue weighted by Crippen LogP contribution is 2.21. The quantitative estimate of drug-likeness (QED) is 0.842. The van der Waals surface area contributed by atoms with Crippen LogP contribution in [0, 0.1) is 6.92 Å². The number of nitrogens with zero attached hydrogens (tertiary/aromatic N) is 3. The Morgan fingerprint density at radius 1 is 1.45 bits per heavy atom. The molecule has 0 atom stereocenters. The second kappa shape index (κ2) is 7.30. The third kappa shape index (κ3) is 3.53. The molecule has 0 aliphatic carbocycles. The zero-order valence-electron chi connectivity index (χ0n) is 12.5. The molecule has 0 aromatic carbocycles. The predicted molar refractivity (Wildman–Crippen MR) is 87.5 cm³/mol. The van der Waals surface area contributed by atoms with Crippen LogP contribution < -0.4 is 0 Å². The maximum atomic E-state index is 12.9. The van der Waals surface area contributed by atoms with Crippen LogP contribution in [0.2, 0.25) is 0 Å². The first kappa shape index (κ1) is 15.6. The van der Waals surface area contributed by atoms with E-state index in [1.165, 1.54) is 16.4 Å². The fraction of sp³-hybridized carbons (Fsp3) is 0.533. The van der Waals surface area contributed by atoms with Gasteiger partial charge in [-0.05, 0) is 49.2 Å². The van der Waals surface area contributed by atoms with Gasteiger partial charge in [-0.3, -0.25) is 4.79 Å². The van der Waals surface area contributed by atoms with Gasteiger partial charge in [-0.15, -0.1) is 16.4 Å². The van der Waals surface area contributed by atoms with E-state index in [1.807, 2.05) is 11.8 Å². The Balaban J connectivity index is 1.75. The zero-order valence-corrected chi connectivity index (χ0v) is 14.2. The summed E-state index contributed by atoms with van der Waals surface area (Å²) in [5.74, 6) is 0.0657. The smallest absolute Gasteiger partial charge is 0.267 e. The highest BCUT2D eigenvalue weighted by atomic mass is 32.1. The van der Waals surface area contributed by atoms with Gasteiger partial charge in [0.1, 0.15) is 4.88 Å². The molecule has 1 aliphatic rings. The van der Waals surface area contributed by atoms with E-state index in [-0.39, 0.29) is 11.9 Å². The summed E-state index contributed by atoms with van der Waals surface area (Å²) in [6, 6.07) is 4.43. The molecular formula is C15H19N3O2S2. The van der Waals surface area contributed by atoms with Crippen LogP contribution in [-0.2, 0) is 11.2 Å². The van der Waals surface area contributed by atoms with E-state index < -0.39 is 0 Å². The van der Waals surface area contributed by atoms with Crippen LogP contribution in [0.5, 0.6) is 0 Å². The summed E-state index contributed by atoms with van der Waals surface area (Å²) in [6.45, 7) is 4.04. The Kier molecular flexibility index (Phi) is 5.17. The molecule has 118 valence electrons. The van der Waals surface area contributed by atoms with Crippen molar-refractivity contribution in [2.75, 3.05) is 19.8 Å². The lowest BCUT2D eigenvalue weighted by Crippen LogP contribution is -2.44. The van der Waals surface area contributed by atoms with Gasteiger partial charge in [0.2, 0.25) is 0 Å². The molecule has 22 heavy (non-hydrogen) atoms. The largest absolute Gasteiger partial charge is 0.381 e. The summed E-state index contributed by atoms with van der Waals surface area (Å²) in [4.78, 5) is 16.9. The van der Waals surface area contributed by atoms with Crippen LogP contribution in [0.3, 0.4) is 0 Å². The molecule has 0 saturated carbocycles. The Morgan fingerprint density at radius 3 is 2.91 bits per heavy atom. The SMILES string of the molecule is Cc1nnsc1C(=O)N(CCc1cccs1)C1CCOCC1. The van der Waals surface area contributed by atoms with Gasteiger partial charge in [-0.2, -0.15) is 0 Å². The molecule has 1 saturated heterocycles. The molecule has 3 heterocycles. The van der Waals surface area contributed by atoms with Crippen molar-refractivity contribution >= 4 is 28.8 Å². The lowest BCUT2D eigenvalue weighted by molar-refractivity contribution is 0.0296. The first-order valence-electron chi connectivity index (χ1n) is 7.46. The number of rotatable bonds is 5. The molecule has 3 rings (SSSR count). The lowest BCUT2D eigenvalue weighted by atomic mass is 10.1. The Bertz CT molecular complexity index is 606. The second-order valence-electron chi connectivity index (χ2n) is 5.36. The maximum Gasteiger partial charge on any atom is 0.267 e. The van der Waals surface area contributed by atoms with Crippen LogP contribution >= 0.6 is 22.9 Å². The molecule has 1 fully saturated rings. The van der Waals surface area contributed by atoms with Crippen molar-refractivity contribution < 1.29 is 9.53 Å². The van der Waals surface area contributed by atoms with Crippen molar-refractivity contribution in [1.29, 1.82) is 0 Å². The fourth-order valence-electron chi connectivity index (χ4n) is 2.69. The number of hydrogen-bond acceptors (Lipinski definition) is 6. The van der Waals surface area contributed by atoms with Gasteiger partial charge in [0.05, 0.1) is 5.69 Å². The molecule has 2 aromatic heterocycles. The van der Waals surface area contributed by atoms with Gasteiger partial charge >= 0.3 is 0 Å². The normalized spacial score (nSPS) is 15.9. The summed E-state index contributed by atoms with van der Waals surface area (Å²) in [6.07, 6.45) is 2.70. The van der Waals surface area contributed by atoms with E-state index in [9.17, 15) is 4.79 Å². The van der Waals surface area contributed by atoms with Crippen LogP contribution in [0.25, 0.3) is 0 Å². The summed E-state index contributed by atoms with van der Waals surface area (Å²) in [5, 5.41) is 6.05. The number of aryl methyl sites for hydroxylation is 1. The summed E-state index contributed by atoms with van der Waals surface area (Å²) < 4.78 is 9.34. The molecule has 1 aliphatic heterocycles. The topological polar surface area (TPSA) is 55.3 Å². The summed E-state index contributed by atoms with van der Waals surface area (Å²) >= 11 is 2.93. The van der Waals surface area contributed by atoms with Gasteiger partial charge in [-0.1, -0.05) is 10.6 Å². The van der Waals surface area contributed by atoms with Crippen molar-refractivity contribution in [2.24, 2.45) is 0 Å². The van der Waals surface area contributed by atoms with Crippen molar-refractivity contribution in [1.82, 2.24) is 14.5 Å². The standard InChI is InChI=1S/C15H19N3O2S2/c1-11-14(22-17-16-11)15(19)18(12-5-8-20-9-6-12)7-4-13-3-2-10-21-13/h2-3,10,12H,4-9H2,1H3. The van der Waals surface area contributed by atoms with Gasteiger partial charge in [0.25, 0.3) is 5.91 Å². The first-order chi connectivity index (χ1) is 10.8. The number of thiophene rings is 1. The van der Waals surface area contributed by atoms with Crippen molar-refractivity contribution in [3.63, 3.8) is 0 Å². The van der Waals surface area contributed by atoms with Crippen LogP contribution in [-0.4, -0.2) is 46.2 Å². The van der Waals surface area contributed by atoms with E-state index >= 15 is 0 Å². The molecule has 1 amide bonds. The number of carbonyl (C=O) groups excluding carboxylic acids is 1. The highest BCUT2D eigenvalue weighted by Gasteiger charge is 2.28. The van der Waals surface area contributed by atoms with E-state index in [2.05, 4.69) is 27.1 Å². The minimum absolute atomic E-state index is 0.0657. The molecule has 5 nitrogen and oxygen atoms in total. The van der Waals surface area contributed by atoms with Crippen molar-refractivity contribution in [3.8, 4) is 0 Å². The minimum atomic E-state index is 0.0657. The molecule has 0 radical (unpaired) electrons. The highest BCUT2D eigenvalue weighted by molar-refractivity contribution is 7.09. The number of carbonyl (C=O) groups is 1. The van der Waals surface area contributed by atoms with Crippen LogP contribution in [0.4, 0.5) is 0 Å². The predicted octanol–water partition coefficient (Wildman–Crippen LogP) is 2.77. The minimum Gasteiger partial charge on any atom is -0.381 e. The van der Waals surface area contributed by atoms with Gasteiger partial charge in [-0.25, -0.2) is 0 Å². The zero-order chi connectivity index (χ0) is 15.4. The van der Waals surface area contributed by atoms with Crippen molar-refractivity contribution in [2.45, 2.75) is 32.2 Å². The molecule has 0 spiro atoms. The summed E-state index contributed by atoms with van der Waals surface area (Å²) in [7, 11) is 0.